The van der Waals surface area contributed by atoms with Crippen LogP contribution in [0, 0.1) is 6.92 Å². The normalized spacial score (nSPS) is 10.6. The summed E-state index contributed by atoms with van der Waals surface area (Å²) in [6.45, 7) is 1.78. The maximum Gasteiger partial charge on any atom is 0.237 e. The molecule has 0 saturated heterocycles. The predicted octanol–water partition coefficient (Wildman–Crippen LogP) is 2.51. The second kappa shape index (κ2) is 7.18. The fourth-order valence-electron chi connectivity index (χ4n) is 1.92. The summed E-state index contributed by atoms with van der Waals surface area (Å²) < 4.78 is 10.0. The van der Waals surface area contributed by atoms with Crippen molar-refractivity contribution in [2.24, 2.45) is 0 Å². The molecule has 0 aliphatic heterocycles. The molecule has 2 heterocycles. The number of carbonyl (C=O) groups is 1. The van der Waals surface area contributed by atoms with E-state index < -0.39 is 0 Å². The highest BCUT2D eigenvalue weighted by atomic mass is 32.2. The number of amides is 1. The molecule has 9 heteroatoms. The molecule has 24 heavy (non-hydrogen) atoms. The van der Waals surface area contributed by atoms with Gasteiger partial charge in [-0.2, -0.15) is 0 Å². The van der Waals surface area contributed by atoms with Gasteiger partial charge in [-0.3, -0.25) is 15.2 Å². The van der Waals surface area contributed by atoms with Crippen LogP contribution in [0.1, 0.15) is 5.69 Å². The maximum atomic E-state index is 11.8. The molecule has 0 radical (unpaired) electrons. The number of benzene rings is 1. The topological polar surface area (TPSA) is 106 Å². The number of ether oxygens (including phenoxy) is 1. The molecule has 3 rings (SSSR count). The molecule has 0 saturated carbocycles. The van der Waals surface area contributed by atoms with Gasteiger partial charge in [0.15, 0.2) is 5.82 Å². The number of aromatic amines is 1. The minimum atomic E-state index is -0.216. The first-order valence-electron chi connectivity index (χ1n) is 7.07. The smallest absolute Gasteiger partial charge is 0.237 e. The monoisotopic (exact) mass is 345 g/mol. The Morgan fingerprint density at radius 3 is 2.83 bits per heavy atom. The zero-order chi connectivity index (χ0) is 16.9. The van der Waals surface area contributed by atoms with Crippen molar-refractivity contribution in [3.8, 4) is 17.1 Å². The molecule has 0 spiro atoms. The first kappa shape index (κ1) is 16.1. The molecule has 124 valence electrons. The number of aryl methyl sites for hydroxylation is 1. The van der Waals surface area contributed by atoms with Crippen molar-refractivity contribution in [2.75, 3.05) is 18.2 Å². The number of anilines is 1. The lowest BCUT2D eigenvalue weighted by atomic mass is 10.2. The fraction of sp³-hybridized carbons (Fsp3) is 0.200. The van der Waals surface area contributed by atoms with E-state index in [9.17, 15) is 4.79 Å². The van der Waals surface area contributed by atoms with Gasteiger partial charge in [0, 0.05) is 11.6 Å². The number of hydrogen-bond donors (Lipinski definition) is 2. The lowest BCUT2D eigenvalue weighted by molar-refractivity contribution is -0.113. The van der Waals surface area contributed by atoms with E-state index in [1.54, 1.807) is 20.1 Å². The molecule has 0 aliphatic rings. The molecular weight excluding hydrogens is 330 g/mol. The number of thioether (sulfide) groups is 1. The van der Waals surface area contributed by atoms with Gasteiger partial charge in [-0.25, -0.2) is 4.98 Å². The van der Waals surface area contributed by atoms with E-state index in [1.165, 1.54) is 11.8 Å². The zero-order valence-corrected chi connectivity index (χ0v) is 13.9. The number of nitrogens with one attached hydrogen (secondary N) is 2. The molecule has 0 atom stereocenters. The minimum absolute atomic E-state index is 0.166. The van der Waals surface area contributed by atoms with Crippen LogP contribution in [-0.2, 0) is 4.79 Å². The van der Waals surface area contributed by atoms with E-state index in [0.717, 1.165) is 11.3 Å². The Morgan fingerprint density at radius 1 is 1.38 bits per heavy atom. The zero-order valence-electron chi connectivity index (χ0n) is 13.1. The van der Waals surface area contributed by atoms with Crippen molar-refractivity contribution >= 4 is 23.6 Å². The van der Waals surface area contributed by atoms with Crippen molar-refractivity contribution in [2.45, 2.75) is 12.1 Å². The summed E-state index contributed by atoms with van der Waals surface area (Å²) in [6, 6.07) is 9.10. The lowest BCUT2D eigenvalue weighted by Crippen LogP contribution is -2.13. The molecule has 8 nitrogen and oxygen atoms in total. The van der Waals surface area contributed by atoms with Crippen LogP contribution in [0.25, 0.3) is 11.4 Å². The standard InChI is InChI=1S/C15H15N5O3S/c1-9-7-13(23-20-9)16-12(21)8-24-15-17-14(18-19-15)10-3-5-11(22-2)6-4-10/h3-7H,8H2,1-2H3,(H,16,21)(H,17,18,19). The van der Waals surface area contributed by atoms with Crippen LogP contribution in [0.3, 0.4) is 0 Å². The Kier molecular flexibility index (Phi) is 4.80. The Morgan fingerprint density at radius 2 is 2.17 bits per heavy atom. The first-order chi connectivity index (χ1) is 11.6. The molecular formula is C15H15N5O3S. The van der Waals surface area contributed by atoms with Gasteiger partial charge < -0.3 is 9.26 Å². The summed E-state index contributed by atoms with van der Waals surface area (Å²) >= 11 is 1.23. The second-order valence-corrected chi connectivity index (χ2v) is 5.81. The van der Waals surface area contributed by atoms with E-state index in [-0.39, 0.29) is 11.7 Å². The second-order valence-electron chi connectivity index (χ2n) is 4.86. The molecule has 1 amide bonds. The van der Waals surface area contributed by atoms with Crippen molar-refractivity contribution < 1.29 is 14.1 Å². The van der Waals surface area contributed by atoms with Gasteiger partial charge in [0.2, 0.25) is 16.9 Å². The average molecular weight is 345 g/mol. The summed E-state index contributed by atoms with van der Waals surface area (Å²) in [7, 11) is 1.61. The number of H-pyrrole nitrogens is 1. The van der Waals surface area contributed by atoms with Crippen LogP contribution in [0.5, 0.6) is 5.75 Å². The van der Waals surface area contributed by atoms with Crippen molar-refractivity contribution in [1.29, 1.82) is 0 Å². The van der Waals surface area contributed by atoms with Crippen LogP contribution >= 0.6 is 11.8 Å². The molecule has 2 aromatic heterocycles. The first-order valence-corrected chi connectivity index (χ1v) is 8.05. The van der Waals surface area contributed by atoms with Crippen LogP contribution < -0.4 is 10.1 Å². The Labute approximate surface area is 142 Å². The third kappa shape index (κ3) is 3.93. The Balaban J connectivity index is 1.56. The van der Waals surface area contributed by atoms with Crippen LogP contribution in [0.15, 0.2) is 40.0 Å². The van der Waals surface area contributed by atoms with Crippen LogP contribution in [0.2, 0.25) is 0 Å². The highest BCUT2D eigenvalue weighted by molar-refractivity contribution is 7.99. The summed E-state index contributed by atoms with van der Waals surface area (Å²) in [6.07, 6.45) is 0. The van der Waals surface area contributed by atoms with Gasteiger partial charge in [0.05, 0.1) is 18.6 Å². The predicted molar refractivity (Wildman–Crippen MR) is 89.0 cm³/mol. The molecule has 1 aromatic carbocycles. The number of rotatable bonds is 6. The number of hydrogen-bond acceptors (Lipinski definition) is 7. The third-order valence-corrected chi connectivity index (χ3v) is 3.90. The van der Waals surface area contributed by atoms with E-state index in [2.05, 4.69) is 25.7 Å². The highest BCUT2D eigenvalue weighted by Crippen LogP contribution is 2.21. The van der Waals surface area contributed by atoms with Gasteiger partial charge in [0.25, 0.3) is 0 Å². The van der Waals surface area contributed by atoms with Gasteiger partial charge in [0.1, 0.15) is 5.75 Å². The van der Waals surface area contributed by atoms with Crippen molar-refractivity contribution in [3.63, 3.8) is 0 Å². The number of nitrogens with zero attached hydrogens (tertiary/aromatic N) is 3. The third-order valence-electron chi connectivity index (χ3n) is 3.05. The molecule has 0 bridgehead atoms. The molecule has 2 N–H and O–H groups in total. The SMILES string of the molecule is COc1ccc(-c2nc(SCC(=O)Nc3cc(C)no3)n[nH]2)cc1. The fourth-order valence-corrected chi connectivity index (χ4v) is 2.51. The number of aromatic nitrogens is 4. The minimum Gasteiger partial charge on any atom is -0.497 e. The molecule has 0 aliphatic carbocycles. The summed E-state index contributed by atoms with van der Waals surface area (Å²) in [5.41, 5.74) is 1.59. The van der Waals surface area contributed by atoms with E-state index in [0.29, 0.717) is 22.6 Å². The highest BCUT2D eigenvalue weighted by Gasteiger charge is 2.11. The Bertz CT molecular complexity index is 828. The molecule has 3 aromatic rings. The number of carbonyl (C=O) groups excluding carboxylic acids is 1. The summed E-state index contributed by atoms with van der Waals surface area (Å²) in [5, 5.41) is 13.8. The van der Waals surface area contributed by atoms with Gasteiger partial charge in [-0.05, 0) is 31.2 Å². The van der Waals surface area contributed by atoms with E-state index in [1.807, 2.05) is 24.3 Å². The van der Waals surface area contributed by atoms with Crippen LogP contribution in [0.4, 0.5) is 5.88 Å². The molecule has 0 fully saturated rings. The quantitative estimate of drug-likeness (QED) is 0.661. The van der Waals surface area contributed by atoms with Crippen molar-refractivity contribution in [3.05, 3.63) is 36.0 Å². The lowest BCUT2D eigenvalue weighted by Gasteiger charge is -2.00. The summed E-state index contributed by atoms with van der Waals surface area (Å²) in [4.78, 5) is 16.2. The van der Waals surface area contributed by atoms with E-state index >= 15 is 0 Å². The summed E-state index contributed by atoms with van der Waals surface area (Å²) in [5.74, 6) is 1.68. The Hall–Kier alpha value is -2.81. The van der Waals surface area contributed by atoms with Gasteiger partial charge >= 0.3 is 0 Å². The van der Waals surface area contributed by atoms with Crippen molar-refractivity contribution in [1.82, 2.24) is 20.3 Å². The van der Waals surface area contributed by atoms with Gasteiger partial charge in [-0.1, -0.05) is 16.9 Å². The van der Waals surface area contributed by atoms with E-state index in [4.69, 9.17) is 9.26 Å². The van der Waals surface area contributed by atoms with Gasteiger partial charge in [-0.15, -0.1) is 5.10 Å². The average Bonchev–Trinajstić information content (AvgIpc) is 3.22. The largest absolute Gasteiger partial charge is 0.497 e. The number of methoxy groups -OCH3 is 1. The molecule has 0 unspecified atom stereocenters. The van der Waals surface area contributed by atoms with Crippen LogP contribution in [-0.4, -0.2) is 39.1 Å². The maximum absolute atomic E-state index is 11.8.